The molecule has 4 nitrogen and oxygen atoms in total. The zero-order valence-electron chi connectivity index (χ0n) is 8.18. The van der Waals surface area contributed by atoms with Crippen molar-refractivity contribution >= 4 is 34.5 Å². The van der Waals surface area contributed by atoms with Crippen LogP contribution in [0.5, 0.6) is 0 Å². The van der Waals surface area contributed by atoms with Crippen LogP contribution in [0.15, 0.2) is 18.2 Å². The fourth-order valence-electron chi connectivity index (χ4n) is 0.947. The van der Waals surface area contributed by atoms with Gasteiger partial charge in [0.15, 0.2) is 11.1 Å². The number of hydrogen-bond acceptors (Lipinski definition) is 3. The molecule has 0 saturated carbocycles. The first-order valence-corrected chi connectivity index (χ1v) is 5.61. The van der Waals surface area contributed by atoms with E-state index in [-0.39, 0.29) is 11.1 Å². The largest absolute Gasteiger partial charge is 0.370 e. The summed E-state index contributed by atoms with van der Waals surface area (Å²) in [6.07, 6.45) is 0. The fraction of sp³-hybridized carbons (Fsp3) is 0.111. The second-order valence-corrected chi connectivity index (χ2v) is 4.29. The molecule has 0 saturated heterocycles. The number of hydrogen-bond donors (Lipinski definition) is 4. The molecule has 0 bridgehead atoms. The first kappa shape index (κ1) is 12.8. The molecular formula is C9H10ClFN4S. The summed E-state index contributed by atoms with van der Waals surface area (Å²) < 4.78 is 12.7. The van der Waals surface area contributed by atoms with Gasteiger partial charge < -0.3 is 11.1 Å². The van der Waals surface area contributed by atoms with Gasteiger partial charge in [-0.25, -0.2) is 4.39 Å². The molecule has 0 spiro atoms. The minimum atomic E-state index is -0.393. The number of halogens is 2. The first-order chi connectivity index (χ1) is 7.49. The summed E-state index contributed by atoms with van der Waals surface area (Å²) in [7, 11) is 0. The number of guanidine groups is 1. The van der Waals surface area contributed by atoms with Gasteiger partial charge in [-0.1, -0.05) is 29.4 Å². The topological polar surface area (TPSA) is 85.8 Å². The number of rotatable bonds is 2. The summed E-state index contributed by atoms with van der Waals surface area (Å²) in [4.78, 5) is 0. The Morgan fingerprint density at radius 1 is 1.50 bits per heavy atom. The number of thioether (sulfide) groups is 1. The molecule has 0 aliphatic rings. The van der Waals surface area contributed by atoms with Crippen molar-refractivity contribution in [3.63, 3.8) is 0 Å². The van der Waals surface area contributed by atoms with Crippen molar-refractivity contribution in [2.75, 3.05) is 0 Å². The highest BCUT2D eigenvalue weighted by molar-refractivity contribution is 8.13. The quantitative estimate of drug-likeness (QED) is 0.485. The summed E-state index contributed by atoms with van der Waals surface area (Å²) >= 11 is 6.93. The Kier molecular flexibility index (Phi) is 4.57. The summed E-state index contributed by atoms with van der Waals surface area (Å²) in [5.41, 5.74) is 5.78. The lowest BCUT2D eigenvalue weighted by Crippen LogP contribution is -2.33. The van der Waals surface area contributed by atoms with Crippen LogP contribution in [0.4, 0.5) is 4.39 Å². The molecule has 1 aromatic carbocycles. The Labute approximate surface area is 101 Å². The van der Waals surface area contributed by atoms with Crippen molar-refractivity contribution < 1.29 is 4.39 Å². The molecule has 0 heterocycles. The highest BCUT2D eigenvalue weighted by atomic mass is 35.5. The minimum absolute atomic E-state index is 0.0490. The lowest BCUT2D eigenvalue weighted by Gasteiger charge is -2.06. The molecule has 5 N–H and O–H groups in total. The van der Waals surface area contributed by atoms with Crippen LogP contribution in [0.3, 0.4) is 0 Å². The van der Waals surface area contributed by atoms with E-state index in [0.717, 1.165) is 17.3 Å². The van der Waals surface area contributed by atoms with E-state index < -0.39 is 5.82 Å². The van der Waals surface area contributed by atoms with Crippen molar-refractivity contribution in [2.45, 2.75) is 5.75 Å². The average molecular weight is 261 g/mol. The molecule has 86 valence electrons. The summed E-state index contributed by atoms with van der Waals surface area (Å²) in [5.74, 6) is -0.267. The molecule has 0 amide bonds. The predicted molar refractivity (Wildman–Crippen MR) is 65.5 cm³/mol. The van der Waals surface area contributed by atoms with E-state index in [1.165, 1.54) is 12.1 Å². The van der Waals surface area contributed by atoms with E-state index in [2.05, 4.69) is 5.32 Å². The zero-order chi connectivity index (χ0) is 12.1. The summed E-state index contributed by atoms with van der Waals surface area (Å²) in [5, 5.41) is 17.0. The van der Waals surface area contributed by atoms with Crippen molar-refractivity contribution in [1.82, 2.24) is 5.32 Å². The maximum Gasteiger partial charge on any atom is 0.191 e. The number of amidine groups is 1. The van der Waals surface area contributed by atoms with Gasteiger partial charge in [-0.3, -0.25) is 10.8 Å². The molecule has 0 aliphatic heterocycles. The third-order valence-corrected chi connectivity index (χ3v) is 2.83. The van der Waals surface area contributed by atoms with E-state index in [1.54, 1.807) is 6.07 Å². The third kappa shape index (κ3) is 4.08. The van der Waals surface area contributed by atoms with E-state index in [0.29, 0.717) is 10.8 Å². The molecule has 7 heteroatoms. The van der Waals surface area contributed by atoms with Gasteiger partial charge in [0.1, 0.15) is 5.82 Å². The van der Waals surface area contributed by atoms with Gasteiger partial charge in [-0.2, -0.15) is 0 Å². The number of nitrogens with one attached hydrogen (secondary N) is 3. The van der Waals surface area contributed by atoms with Crippen LogP contribution in [0, 0.1) is 16.6 Å². The van der Waals surface area contributed by atoms with Gasteiger partial charge in [-0.05, 0) is 17.7 Å². The first-order valence-electron chi connectivity index (χ1n) is 4.25. The van der Waals surface area contributed by atoms with Crippen LogP contribution in [0.1, 0.15) is 5.56 Å². The molecule has 16 heavy (non-hydrogen) atoms. The lowest BCUT2D eigenvalue weighted by molar-refractivity contribution is 0.627. The maximum absolute atomic E-state index is 12.7. The minimum Gasteiger partial charge on any atom is -0.370 e. The molecule has 0 fully saturated rings. The summed E-state index contributed by atoms with van der Waals surface area (Å²) in [6.45, 7) is 0. The molecule has 0 atom stereocenters. The van der Waals surface area contributed by atoms with Crippen molar-refractivity contribution in [3.05, 3.63) is 34.6 Å². The second-order valence-electron chi connectivity index (χ2n) is 2.89. The number of benzene rings is 1. The smallest absolute Gasteiger partial charge is 0.191 e. The molecule has 1 rings (SSSR count). The Balaban J connectivity index is 2.54. The predicted octanol–water partition coefficient (Wildman–Crippen LogP) is 2.13. The zero-order valence-corrected chi connectivity index (χ0v) is 9.75. The Bertz CT molecular complexity index is 424. The average Bonchev–Trinajstić information content (AvgIpc) is 2.15. The molecule has 0 unspecified atom stereocenters. The highest BCUT2D eigenvalue weighted by Gasteiger charge is 2.04. The Morgan fingerprint density at radius 2 is 2.19 bits per heavy atom. The second kappa shape index (κ2) is 5.72. The van der Waals surface area contributed by atoms with Gasteiger partial charge in [0, 0.05) is 10.8 Å². The summed E-state index contributed by atoms with van der Waals surface area (Å²) in [6, 6.07) is 4.09. The van der Waals surface area contributed by atoms with Gasteiger partial charge in [0.25, 0.3) is 0 Å². The van der Waals surface area contributed by atoms with Gasteiger partial charge in [0.05, 0.1) is 0 Å². The van der Waals surface area contributed by atoms with Crippen LogP contribution in [0.2, 0.25) is 5.02 Å². The van der Waals surface area contributed by atoms with Crippen molar-refractivity contribution in [1.29, 1.82) is 10.8 Å². The standard InChI is InChI=1S/C9H10ClFN4S/c10-7-3-6(11)2-1-5(7)4-16-9(14)15-8(12)13/h1-3H,4H2,(H5,12,13,14,15). The molecule has 1 aromatic rings. The third-order valence-electron chi connectivity index (χ3n) is 1.64. The Morgan fingerprint density at radius 3 is 2.75 bits per heavy atom. The molecule has 0 aliphatic carbocycles. The molecule has 0 radical (unpaired) electrons. The van der Waals surface area contributed by atoms with Crippen LogP contribution >= 0.6 is 23.4 Å². The van der Waals surface area contributed by atoms with Crippen LogP contribution in [0.25, 0.3) is 0 Å². The molecular weight excluding hydrogens is 251 g/mol. The van der Waals surface area contributed by atoms with E-state index in [9.17, 15) is 4.39 Å². The monoisotopic (exact) mass is 260 g/mol. The normalized spacial score (nSPS) is 9.88. The van der Waals surface area contributed by atoms with E-state index in [4.69, 9.17) is 28.2 Å². The fourth-order valence-corrected chi connectivity index (χ4v) is 1.99. The van der Waals surface area contributed by atoms with E-state index in [1.807, 2.05) is 0 Å². The van der Waals surface area contributed by atoms with Crippen LogP contribution in [-0.4, -0.2) is 11.1 Å². The van der Waals surface area contributed by atoms with Gasteiger partial charge in [0.2, 0.25) is 0 Å². The number of nitrogens with two attached hydrogens (primary N) is 1. The maximum atomic E-state index is 12.7. The lowest BCUT2D eigenvalue weighted by atomic mass is 10.2. The van der Waals surface area contributed by atoms with Gasteiger partial charge in [-0.15, -0.1) is 0 Å². The van der Waals surface area contributed by atoms with E-state index >= 15 is 0 Å². The SMILES string of the molecule is N=C(N)NC(=N)SCc1ccc(F)cc1Cl. The highest BCUT2D eigenvalue weighted by Crippen LogP contribution is 2.22. The Hall–Kier alpha value is -1.27. The van der Waals surface area contributed by atoms with Gasteiger partial charge >= 0.3 is 0 Å². The van der Waals surface area contributed by atoms with Crippen molar-refractivity contribution in [3.8, 4) is 0 Å². The molecule has 0 aromatic heterocycles. The van der Waals surface area contributed by atoms with Crippen LogP contribution < -0.4 is 11.1 Å². The van der Waals surface area contributed by atoms with Crippen LogP contribution in [-0.2, 0) is 5.75 Å². The van der Waals surface area contributed by atoms with Crippen molar-refractivity contribution in [2.24, 2.45) is 5.73 Å².